The zero-order valence-electron chi connectivity index (χ0n) is 17.0. The molecule has 7 nitrogen and oxygen atoms in total. The van der Waals surface area contributed by atoms with Crippen LogP contribution in [-0.4, -0.2) is 62.6 Å². The van der Waals surface area contributed by atoms with Crippen LogP contribution in [0.5, 0.6) is 0 Å². The average Bonchev–Trinajstić information content (AvgIpc) is 3.12. The monoisotopic (exact) mass is 377 g/mol. The molecule has 1 saturated heterocycles. The summed E-state index contributed by atoms with van der Waals surface area (Å²) in [6, 6.07) is 2.52. The van der Waals surface area contributed by atoms with E-state index in [1.807, 2.05) is 6.92 Å². The molecule has 27 heavy (non-hydrogen) atoms. The third kappa shape index (κ3) is 6.90. The highest BCUT2D eigenvalue weighted by atomic mass is 16.3. The van der Waals surface area contributed by atoms with Crippen LogP contribution in [0.15, 0.2) is 21.7 Å². The molecule has 3 N–H and O–H groups in total. The number of carbonyl (C=O) groups is 1. The smallest absolute Gasteiger partial charge is 0.287 e. The number of aliphatic imine (C=N–C) groups is 1. The molecular weight excluding hydrogens is 342 g/mol. The number of furan rings is 1. The SMILES string of the molecule is CCC1CCCCN1CCNC(=NC)NCCCNC(=O)c1occc1C. The Balaban J connectivity index is 1.57. The third-order valence-electron chi connectivity index (χ3n) is 5.14. The van der Waals surface area contributed by atoms with E-state index in [0.717, 1.165) is 43.6 Å². The summed E-state index contributed by atoms with van der Waals surface area (Å²) >= 11 is 0. The number of rotatable bonds is 9. The molecule has 1 aromatic heterocycles. The molecule has 152 valence electrons. The molecule has 2 rings (SSSR count). The molecule has 1 amide bonds. The fourth-order valence-corrected chi connectivity index (χ4v) is 3.54. The molecule has 0 bridgehead atoms. The highest BCUT2D eigenvalue weighted by molar-refractivity contribution is 5.92. The van der Waals surface area contributed by atoms with Gasteiger partial charge in [-0.25, -0.2) is 0 Å². The van der Waals surface area contributed by atoms with E-state index in [-0.39, 0.29) is 5.91 Å². The van der Waals surface area contributed by atoms with Crippen LogP contribution < -0.4 is 16.0 Å². The molecule has 1 unspecified atom stereocenters. The predicted octanol–water partition coefficient (Wildman–Crippen LogP) is 2.14. The Morgan fingerprint density at radius 2 is 2.04 bits per heavy atom. The Morgan fingerprint density at radius 1 is 1.26 bits per heavy atom. The molecule has 0 spiro atoms. The Bertz CT molecular complexity index is 599. The van der Waals surface area contributed by atoms with E-state index in [9.17, 15) is 4.79 Å². The first-order chi connectivity index (χ1) is 13.2. The molecule has 7 heteroatoms. The van der Waals surface area contributed by atoms with E-state index in [1.54, 1.807) is 13.1 Å². The van der Waals surface area contributed by atoms with E-state index < -0.39 is 0 Å². The third-order valence-corrected chi connectivity index (χ3v) is 5.14. The number of amides is 1. The topological polar surface area (TPSA) is 81.9 Å². The van der Waals surface area contributed by atoms with Crippen molar-refractivity contribution in [2.45, 2.75) is 52.0 Å². The number of likely N-dealkylation sites (tertiary alicyclic amines) is 1. The number of nitrogens with one attached hydrogen (secondary N) is 3. The van der Waals surface area contributed by atoms with Gasteiger partial charge in [0.2, 0.25) is 0 Å². The first-order valence-corrected chi connectivity index (χ1v) is 10.2. The number of piperidine rings is 1. The number of hydrogen-bond acceptors (Lipinski definition) is 4. The highest BCUT2D eigenvalue weighted by Gasteiger charge is 2.19. The first-order valence-electron chi connectivity index (χ1n) is 10.2. The minimum atomic E-state index is -0.160. The molecule has 1 aliphatic heterocycles. The summed E-state index contributed by atoms with van der Waals surface area (Å²) in [7, 11) is 1.78. The van der Waals surface area contributed by atoms with Crippen molar-refractivity contribution in [2.24, 2.45) is 4.99 Å². The van der Waals surface area contributed by atoms with Crippen LogP contribution in [0.2, 0.25) is 0 Å². The van der Waals surface area contributed by atoms with Gasteiger partial charge < -0.3 is 20.4 Å². The fraction of sp³-hybridized carbons (Fsp3) is 0.700. The lowest BCUT2D eigenvalue weighted by molar-refractivity contribution is 0.0925. The zero-order valence-corrected chi connectivity index (χ0v) is 17.0. The maximum atomic E-state index is 12.0. The van der Waals surface area contributed by atoms with Gasteiger partial charge in [0.05, 0.1) is 6.26 Å². The van der Waals surface area contributed by atoms with E-state index in [2.05, 4.69) is 32.8 Å². The Kier molecular flexibility index (Phi) is 9.18. The van der Waals surface area contributed by atoms with E-state index in [0.29, 0.717) is 12.3 Å². The molecular formula is C20H35N5O2. The van der Waals surface area contributed by atoms with Crippen molar-refractivity contribution >= 4 is 11.9 Å². The molecule has 0 aliphatic carbocycles. The van der Waals surface area contributed by atoms with E-state index in [1.165, 1.54) is 38.5 Å². The zero-order chi connectivity index (χ0) is 19.5. The van der Waals surface area contributed by atoms with Crippen molar-refractivity contribution in [1.82, 2.24) is 20.9 Å². The van der Waals surface area contributed by atoms with Crippen molar-refractivity contribution in [1.29, 1.82) is 0 Å². The number of nitrogens with zero attached hydrogens (tertiary/aromatic N) is 2. The molecule has 0 aromatic carbocycles. The first kappa shape index (κ1) is 21.3. The van der Waals surface area contributed by atoms with Gasteiger partial charge in [0, 0.05) is 44.8 Å². The summed E-state index contributed by atoms with van der Waals surface area (Å²) in [5.74, 6) is 1.05. The lowest BCUT2D eigenvalue weighted by Crippen LogP contribution is -2.46. The van der Waals surface area contributed by atoms with Crippen LogP contribution in [0.1, 0.15) is 55.1 Å². The Labute approximate surface area is 163 Å². The van der Waals surface area contributed by atoms with Crippen LogP contribution in [0.4, 0.5) is 0 Å². The highest BCUT2D eigenvalue weighted by Crippen LogP contribution is 2.18. The van der Waals surface area contributed by atoms with Gasteiger partial charge in [0.15, 0.2) is 11.7 Å². The second-order valence-electron chi connectivity index (χ2n) is 7.06. The molecule has 2 heterocycles. The Hall–Kier alpha value is -2.02. The molecule has 1 fully saturated rings. The van der Waals surface area contributed by atoms with Crippen LogP contribution in [0, 0.1) is 6.92 Å². The van der Waals surface area contributed by atoms with E-state index >= 15 is 0 Å². The summed E-state index contributed by atoms with van der Waals surface area (Å²) in [4.78, 5) is 18.8. The second-order valence-corrected chi connectivity index (χ2v) is 7.06. The van der Waals surface area contributed by atoms with Crippen molar-refractivity contribution in [2.75, 3.05) is 39.8 Å². The molecule has 1 aliphatic rings. The lowest BCUT2D eigenvalue weighted by Gasteiger charge is -2.35. The van der Waals surface area contributed by atoms with Crippen LogP contribution in [-0.2, 0) is 0 Å². The number of carbonyl (C=O) groups excluding carboxylic acids is 1. The standard InChI is InChI=1S/C20H35N5O2/c1-4-17-8-5-6-13-25(17)14-12-24-20(21-3)23-11-7-10-22-19(26)18-16(2)9-15-27-18/h9,15,17H,4-8,10-14H2,1-3H3,(H,22,26)(H2,21,23,24). The van der Waals surface area contributed by atoms with Crippen LogP contribution >= 0.6 is 0 Å². The maximum Gasteiger partial charge on any atom is 0.287 e. The predicted molar refractivity (Wildman–Crippen MR) is 109 cm³/mol. The van der Waals surface area contributed by atoms with Crippen molar-refractivity contribution in [3.63, 3.8) is 0 Å². The Morgan fingerprint density at radius 3 is 2.74 bits per heavy atom. The van der Waals surface area contributed by atoms with Gasteiger partial charge in [-0.1, -0.05) is 13.3 Å². The van der Waals surface area contributed by atoms with Gasteiger partial charge in [-0.05, 0) is 45.2 Å². The van der Waals surface area contributed by atoms with Gasteiger partial charge in [-0.15, -0.1) is 0 Å². The van der Waals surface area contributed by atoms with Crippen molar-refractivity contribution < 1.29 is 9.21 Å². The molecule has 0 saturated carbocycles. The van der Waals surface area contributed by atoms with Gasteiger partial charge in [0.1, 0.15) is 0 Å². The molecule has 1 atom stereocenters. The average molecular weight is 378 g/mol. The van der Waals surface area contributed by atoms with Crippen LogP contribution in [0.3, 0.4) is 0 Å². The summed E-state index contributed by atoms with van der Waals surface area (Å²) in [6.07, 6.45) is 7.58. The minimum Gasteiger partial charge on any atom is -0.459 e. The summed E-state index contributed by atoms with van der Waals surface area (Å²) in [5, 5.41) is 9.56. The van der Waals surface area contributed by atoms with Gasteiger partial charge in [-0.2, -0.15) is 0 Å². The minimum absolute atomic E-state index is 0.160. The largest absolute Gasteiger partial charge is 0.459 e. The quantitative estimate of drug-likeness (QED) is 0.349. The lowest BCUT2D eigenvalue weighted by atomic mass is 10.0. The number of aryl methyl sites for hydroxylation is 1. The summed E-state index contributed by atoms with van der Waals surface area (Å²) < 4.78 is 5.19. The molecule has 1 aromatic rings. The molecule has 0 radical (unpaired) electrons. The normalized spacial score (nSPS) is 18.3. The number of hydrogen-bond donors (Lipinski definition) is 3. The van der Waals surface area contributed by atoms with E-state index in [4.69, 9.17) is 4.42 Å². The fourth-order valence-electron chi connectivity index (χ4n) is 3.54. The summed E-state index contributed by atoms with van der Waals surface area (Å²) in [6.45, 7) is 8.64. The number of guanidine groups is 1. The summed E-state index contributed by atoms with van der Waals surface area (Å²) in [5.41, 5.74) is 0.856. The van der Waals surface area contributed by atoms with Gasteiger partial charge in [0.25, 0.3) is 5.91 Å². The van der Waals surface area contributed by atoms with Crippen molar-refractivity contribution in [3.8, 4) is 0 Å². The van der Waals surface area contributed by atoms with Crippen molar-refractivity contribution in [3.05, 3.63) is 23.7 Å². The maximum absolute atomic E-state index is 12.0. The van der Waals surface area contributed by atoms with Gasteiger partial charge >= 0.3 is 0 Å². The van der Waals surface area contributed by atoms with Gasteiger partial charge in [-0.3, -0.25) is 14.7 Å². The second kappa shape index (κ2) is 11.6. The van der Waals surface area contributed by atoms with Crippen LogP contribution in [0.25, 0.3) is 0 Å².